The van der Waals surface area contributed by atoms with Crippen LogP contribution < -0.4 is 5.32 Å². The highest BCUT2D eigenvalue weighted by Gasteiger charge is 2.57. The smallest absolute Gasteiger partial charge is 0.303 e. The van der Waals surface area contributed by atoms with Gasteiger partial charge in [0.15, 0.2) is 18.7 Å². The number of hydrogen-bond donors (Lipinski definition) is 1. The van der Waals surface area contributed by atoms with E-state index in [1.165, 1.54) is 20.3 Å². The Labute approximate surface area is 199 Å². The lowest BCUT2D eigenvalue weighted by Crippen LogP contribution is -2.68. The molecule has 0 radical (unpaired) electrons. The fourth-order valence-corrected chi connectivity index (χ4v) is 5.23. The van der Waals surface area contributed by atoms with E-state index >= 15 is 0 Å². The molecule has 1 saturated carbocycles. The Hall–Kier alpha value is -2.04. The van der Waals surface area contributed by atoms with Crippen molar-refractivity contribution in [1.82, 2.24) is 5.32 Å². The van der Waals surface area contributed by atoms with Crippen molar-refractivity contribution in [3.8, 4) is 0 Å². The fourth-order valence-electron chi connectivity index (χ4n) is 5.23. The van der Waals surface area contributed by atoms with Gasteiger partial charge in [-0.05, 0) is 18.4 Å². The van der Waals surface area contributed by atoms with Crippen LogP contribution in [0.25, 0.3) is 0 Å². The van der Waals surface area contributed by atoms with Crippen molar-refractivity contribution in [3.63, 3.8) is 0 Å². The van der Waals surface area contributed by atoms with Crippen LogP contribution in [0.5, 0.6) is 0 Å². The second-order valence-corrected chi connectivity index (χ2v) is 9.47. The van der Waals surface area contributed by atoms with Crippen LogP contribution in [-0.2, 0) is 38.0 Å². The number of benzene rings is 1. The first kappa shape index (κ1) is 23.7. The fraction of sp³-hybridized carbons (Fsp3) is 0.680. The van der Waals surface area contributed by atoms with Crippen LogP contribution in [0.4, 0.5) is 0 Å². The summed E-state index contributed by atoms with van der Waals surface area (Å²) in [5.74, 6) is -0.728. The number of fused-ring (bicyclic) bond motifs is 1. The van der Waals surface area contributed by atoms with E-state index in [0.717, 1.165) is 31.2 Å². The molecule has 0 unspecified atom stereocenters. The van der Waals surface area contributed by atoms with Crippen LogP contribution >= 0.6 is 0 Å². The molecule has 1 amide bonds. The van der Waals surface area contributed by atoms with Gasteiger partial charge in [-0.25, -0.2) is 0 Å². The van der Waals surface area contributed by atoms with Crippen LogP contribution in [-0.4, -0.2) is 67.6 Å². The van der Waals surface area contributed by atoms with Crippen LogP contribution in [0.2, 0.25) is 0 Å². The lowest BCUT2D eigenvalue weighted by Gasteiger charge is -2.49. The van der Waals surface area contributed by atoms with Gasteiger partial charge in [-0.15, -0.1) is 0 Å². The van der Waals surface area contributed by atoms with Gasteiger partial charge in [0.1, 0.15) is 30.5 Å². The third-order valence-electron chi connectivity index (χ3n) is 6.83. The topological polar surface area (TPSA) is 105 Å². The molecule has 1 aliphatic carbocycles. The summed E-state index contributed by atoms with van der Waals surface area (Å²) in [6.07, 6.45) is 1.59. The van der Waals surface area contributed by atoms with Crippen molar-refractivity contribution >= 4 is 11.9 Å². The summed E-state index contributed by atoms with van der Waals surface area (Å²) in [5, 5.41) is 2.89. The largest absolute Gasteiger partial charge is 0.457 e. The first-order chi connectivity index (χ1) is 16.5. The number of ether oxygens (including phenoxy) is 6. The lowest BCUT2D eigenvalue weighted by atomic mass is 9.94. The quantitative estimate of drug-likeness (QED) is 0.494. The lowest BCUT2D eigenvalue weighted by molar-refractivity contribution is -0.349. The summed E-state index contributed by atoms with van der Waals surface area (Å²) in [6.45, 7) is 3.01. The van der Waals surface area contributed by atoms with Crippen molar-refractivity contribution in [3.05, 3.63) is 35.9 Å². The SMILES string of the molecule is CC(=O)N[C@H]1[C@H](OC2CCCCC2)O[C@@H]2CO[C@@H]([C@@H]3O[C@H]3c3ccccc3)O[C@H]2[C@@H]1OC(C)=O. The van der Waals surface area contributed by atoms with Gasteiger partial charge in [-0.1, -0.05) is 49.6 Å². The van der Waals surface area contributed by atoms with Gasteiger partial charge in [0, 0.05) is 13.8 Å². The van der Waals surface area contributed by atoms with Gasteiger partial charge in [-0.2, -0.15) is 0 Å². The standard InChI is InChI=1S/C25H33NO8/c1-14(27)26-19-22(30-15(2)28)21-18(32-24(19)31-17-11-7-4-8-12-17)13-29-25(34-21)23-20(33-23)16-9-5-3-6-10-16/h3,5-6,9-10,17-25H,4,7-8,11-13H2,1-2H3,(H,26,27)/t18-,19-,20+,21-,22-,23-,24-,25-/m1/s1. The highest BCUT2D eigenvalue weighted by molar-refractivity contribution is 5.73. The molecule has 1 aromatic rings. The molecule has 8 atom stereocenters. The monoisotopic (exact) mass is 475 g/mol. The number of hydrogen-bond acceptors (Lipinski definition) is 8. The van der Waals surface area contributed by atoms with Gasteiger partial charge in [-0.3, -0.25) is 9.59 Å². The Morgan fingerprint density at radius 2 is 1.74 bits per heavy atom. The molecule has 0 aromatic heterocycles. The van der Waals surface area contributed by atoms with Crippen molar-refractivity contribution < 1.29 is 38.0 Å². The maximum Gasteiger partial charge on any atom is 0.303 e. The Bertz CT molecular complexity index is 860. The number of nitrogens with one attached hydrogen (secondary N) is 1. The minimum absolute atomic E-state index is 0.0363. The second-order valence-electron chi connectivity index (χ2n) is 9.47. The zero-order chi connectivity index (χ0) is 23.7. The van der Waals surface area contributed by atoms with Gasteiger partial charge < -0.3 is 33.7 Å². The summed E-state index contributed by atoms with van der Waals surface area (Å²) in [7, 11) is 0. The molecule has 3 saturated heterocycles. The maximum absolute atomic E-state index is 12.1. The molecule has 3 aliphatic heterocycles. The van der Waals surface area contributed by atoms with E-state index in [9.17, 15) is 9.59 Å². The Balaban J connectivity index is 1.33. The van der Waals surface area contributed by atoms with Crippen molar-refractivity contribution in [2.75, 3.05) is 6.61 Å². The number of esters is 1. The maximum atomic E-state index is 12.1. The number of carbonyl (C=O) groups is 2. The van der Waals surface area contributed by atoms with Crippen LogP contribution in [0.1, 0.15) is 57.6 Å². The zero-order valence-electron chi connectivity index (χ0n) is 19.6. The predicted molar refractivity (Wildman–Crippen MR) is 118 cm³/mol. The molecule has 4 aliphatic rings. The molecule has 5 rings (SSSR count). The number of rotatable bonds is 6. The van der Waals surface area contributed by atoms with Gasteiger partial charge in [0.2, 0.25) is 5.91 Å². The second kappa shape index (κ2) is 10.3. The molecule has 1 aromatic carbocycles. The van der Waals surface area contributed by atoms with Gasteiger partial charge in [0.25, 0.3) is 0 Å². The van der Waals surface area contributed by atoms with Crippen molar-refractivity contribution in [2.24, 2.45) is 0 Å². The summed E-state index contributed by atoms with van der Waals surface area (Å²) >= 11 is 0. The molecule has 9 nitrogen and oxygen atoms in total. The first-order valence-electron chi connectivity index (χ1n) is 12.2. The third kappa shape index (κ3) is 5.28. The number of carbonyl (C=O) groups excluding carboxylic acids is 2. The molecule has 3 heterocycles. The minimum Gasteiger partial charge on any atom is -0.457 e. The summed E-state index contributed by atoms with van der Waals surface area (Å²) in [4.78, 5) is 24.1. The summed E-state index contributed by atoms with van der Waals surface area (Å²) < 4.78 is 36.4. The van der Waals surface area contributed by atoms with E-state index in [0.29, 0.717) is 0 Å². The van der Waals surface area contributed by atoms with E-state index in [1.807, 2.05) is 30.3 Å². The van der Waals surface area contributed by atoms with E-state index in [4.69, 9.17) is 28.4 Å². The third-order valence-corrected chi connectivity index (χ3v) is 6.83. The highest BCUT2D eigenvalue weighted by atomic mass is 16.8. The Kier molecular flexibility index (Phi) is 7.17. The molecule has 186 valence electrons. The molecule has 1 N–H and O–H groups in total. The minimum atomic E-state index is -0.783. The molecule has 0 spiro atoms. The van der Waals surface area contributed by atoms with Gasteiger partial charge in [0.05, 0.1) is 12.7 Å². The van der Waals surface area contributed by atoms with Crippen LogP contribution in [0.15, 0.2) is 30.3 Å². The van der Waals surface area contributed by atoms with Crippen LogP contribution in [0, 0.1) is 0 Å². The zero-order valence-corrected chi connectivity index (χ0v) is 19.6. The average Bonchev–Trinajstić information content (AvgIpc) is 3.63. The summed E-state index contributed by atoms with van der Waals surface area (Å²) in [6, 6.07) is 9.18. The number of epoxide rings is 1. The average molecular weight is 476 g/mol. The Morgan fingerprint density at radius 3 is 2.44 bits per heavy atom. The predicted octanol–water partition coefficient (Wildman–Crippen LogP) is 2.38. The molecular formula is C25H33NO8. The first-order valence-corrected chi connectivity index (χ1v) is 12.2. The van der Waals surface area contributed by atoms with E-state index in [-0.39, 0.29) is 30.8 Å². The Morgan fingerprint density at radius 1 is 0.971 bits per heavy atom. The number of amides is 1. The van der Waals surface area contributed by atoms with Crippen LogP contribution in [0.3, 0.4) is 0 Å². The molecule has 9 heteroatoms. The van der Waals surface area contributed by atoms with Crippen molar-refractivity contribution in [2.45, 2.75) is 101 Å². The molecule has 4 fully saturated rings. The van der Waals surface area contributed by atoms with Gasteiger partial charge >= 0.3 is 5.97 Å². The highest BCUT2D eigenvalue weighted by Crippen LogP contribution is 2.44. The van der Waals surface area contributed by atoms with E-state index in [2.05, 4.69) is 5.32 Å². The molecule has 0 bridgehead atoms. The van der Waals surface area contributed by atoms with E-state index < -0.39 is 42.9 Å². The molecule has 34 heavy (non-hydrogen) atoms. The normalized spacial score (nSPS) is 37.9. The molecular weight excluding hydrogens is 442 g/mol. The summed E-state index contributed by atoms with van der Waals surface area (Å²) in [5.41, 5.74) is 1.05. The van der Waals surface area contributed by atoms with Crippen molar-refractivity contribution in [1.29, 1.82) is 0 Å². The van der Waals surface area contributed by atoms with E-state index in [1.54, 1.807) is 0 Å².